The molecule has 0 saturated carbocycles. The van der Waals surface area contributed by atoms with Gasteiger partial charge in [0.25, 0.3) is 0 Å². The molecule has 6 rings (SSSR count). The van der Waals surface area contributed by atoms with Crippen molar-refractivity contribution in [2.45, 2.75) is 36.6 Å². The van der Waals surface area contributed by atoms with E-state index in [1.807, 2.05) is 43.3 Å². The summed E-state index contributed by atoms with van der Waals surface area (Å²) in [6.45, 7) is 3.62. The van der Waals surface area contributed by atoms with E-state index in [1.54, 1.807) is 43.3 Å². The third-order valence-electron chi connectivity index (χ3n) is 7.53. The van der Waals surface area contributed by atoms with Crippen LogP contribution in [0.2, 0.25) is 0 Å². The fourth-order valence-electron chi connectivity index (χ4n) is 5.51. The van der Waals surface area contributed by atoms with Crippen molar-refractivity contribution < 1.29 is 23.9 Å². The lowest BCUT2D eigenvalue weighted by Crippen LogP contribution is -2.33. The molecule has 9 nitrogen and oxygen atoms in total. The van der Waals surface area contributed by atoms with Crippen molar-refractivity contribution in [2.75, 3.05) is 16.8 Å². The number of imide groups is 1. The maximum Gasteiger partial charge on any atom is 0.338 e. The molecule has 2 unspecified atom stereocenters. The van der Waals surface area contributed by atoms with E-state index in [0.29, 0.717) is 26.8 Å². The largest absolute Gasteiger partial charge is 0.462 e. The van der Waals surface area contributed by atoms with Gasteiger partial charge in [0.05, 0.1) is 28.8 Å². The Kier molecular flexibility index (Phi) is 8.32. The lowest BCUT2D eigenvalue weighted by Gasteiger charge is -2.30. The van der Waals surface area contributed by atoms with Gasteiger partial charge in [-0.1, -0.05) is 68.9 Å². The van der Waals surface area contributed by atoms with Crippen LogP contribution in [0.1, 0.15) is 39.2 Å². The molecule has 2 aliphatic heterocycles. The van der Waals surface area contributed by atoms with Crippen molar-refractivity contribution in [1.82, 2.24) is 4.57 Å². The highest BCUT2D eigenvalue weighted by Crippen LogP contribution is 2.54. The van der Waals surface area contributed by atoms with Gasteiger partial charge in [0.15, 0.2) is 0 Å². The third-order valence-corrected chi connectivity index (χ3v) is 10.6. The van der Waals surface area contributed by atoms with Gasteiger partial charge in [-0.25, -0.2) is 9.69 Å². The predicted octanol–water partition coefficient (Wildman–Crippen LogP) is 5.59. The number of amides is 3. The molecular formula is C32H26BrN3O6S2. The Morgan fingerprint density at radius 1 is 0.977 bits per heavy atom. The molecule has 0 bridgehead atoms. The molecule has 3 amide bonds. The van der Waals surface area contributed by atoms with Crippen molar-refractivity contribution in [3.8, 4) is 0 Å². The number of aromatic nitrogens is 1. The van der Waals surface area contributed by atoms with E-state index in [2.05, 4.69) is 21.2 Å². The van der Waals surface area contributed by atoms with Gasteiger partial charge in [-0.3, -0.25) is 23.7 Å². The summed E-state index contributed by atoms with van der Waals surface area (Å²) in [5.74, 6) is -2.86. The average Bonchev–Trinajstić information content (AvgIpc) is 3.44. The van der Waals surface area contributed by atoms with Crippen molar-refractivity contribution in [2.24, 2.45) is 5.92 Å². The van der Waals surface area contributed by atoms with Crippen molar-refractivity contribution in [3.05, 3.63) is 109 Å². The molecule has 12 heteroatoms. The van der Waals surface area contributed by atoms with Crippen LogP contribution in [0.5, 0.6) is 0 Å². The van der Waals surface area contributed by atoms with Gasteiger partial charge in [0.2, 0.25) is 17.7 Å². The van der Waals surface area contributed by atoms with Crippen LogP contribution in [0, 0.1) is 12.8 Å². The van der Waals surface area contributed by atoms with E-state index >= 15 is 0 Å². The van der Waals surface area contributed by atoms with Gasteiger partial charge < -0.3 is 10.1 Å². The molecule has 3 atom stereocenters. The number of halogens is 1. The molecule has 0 aliphatic carbocycles. The molecule has 1 N–H and O–H groups in total. The second-order valence-corrected chi connectivity index (χ2v) is 13.5. The Morgan fingerprint density at radius 3 is 2.39 bits per heavy atom. The molecular weight excluding hydrogens is 666 g/mol. The van der Waals surface area contributed by atoms with Gasteiger partial charge in [-0.05, 0) is 67.9 Å². The highest BCUT2D eigenvalue weighted by molar-refractivity contribution is 9.10. The zero-order valence-electron chi connectivity index (χ0n) is 23.6. The fraction of sp³-hybridized carbons (Fsp3) is 0.219. The first-order chi connectivity index (χ1) is 21.2. The number of esters is 1. The van der Waals surface area contributed by atoms with Crippen molar-refractivity contribution >= 4 is 74.1 Å². The smallest absolute Gasteiger partial charge is 0.338 e. The topological polar surface area (TPSA) is 115 Å². The molecule has 1 aromatic heterocycles. The van der Waals surface area contributed by atoms with Crippen LogP contribution < -0.4 is 15.1 Å². The minimum absolute atomic E-state index is 0.253. The number of nitrogens with one attached hydrogen (secondary N) is 1. The van der Waals surface area contributed by atoms with Gasteiger partial charge in [-0.15, -0.1) is 0 Å². The van der Waals surface area contributed by atoms with E-state index in [9.17, 15) is 24.0 Å². The van der Waals surface area contributed by atoms with Crippen molar-refractivity contribution in [3.63, 3.8) is 0 Å². The quantitative estimate of drug-likeness (QED) is 0.198. The first kappa shape index (κ1) is 30.0. The maximum atomic E-state index is 14.0. The lowest BCUT2D eigenvalue weighted by molar-refractivity contribution is -0.122. The van der Waals surface area contributed by atoms with Crippen LogP contribution in [-0.4, -0.2) is 40.1 Å². The summed E-state index contributed by atoms with van der Waals surface area (Å²) in [4.78, 5) is 67.9. The van der Waals surface area contributed by atoms with Crippen LogP contribution in [0.25, 0.3) is 0 Å². The Hall–Kier alpha value is -4.00. The number of thiazole rings is 1. The highest BCUT2D eigenvalue weighted by atomic mass is 79.9. The monoisotopic (exact) mass is 691 g/mol. The molecule has 4 aromatic rings. The molecule has 1 saturated heterocycles. The molecule has 224 valence electrons. The highest BCUT2D eigenvalue weighted by Gasteiger charge is 2.56. The average molecular weight is 693 g/mol. The maximum absolute atomic E-state index is 14.0. The Labute approximate surface area is 269 Å². The summed E-state index contributed by atoms with van der Waals surface area (Å²) in [6.07, 6.45) is 0. The summed E-state index contributed by atoms with van der Waals surface area (Å²) in [6, 6.07) is 21.0. The molecule has 3 aromatic carbocycles. The normalized spacial score (nSPS) is 19.0. The van der Waals surface area contributed by atoms with Crippen LogP contribution in [0.3, 0.4) is 0 Å². The van der Waals surface area contributed by atoms with Gasteiger partial charge in [0, 0.05) is 21.0 Å². The minimum atomic E-state index is -0.779. The zero-order valence-corrected chi connectivity index (χ0v) is 26.8. The number of aryl methyl sites for hydroxylation is 1. The summed E-state index contributed by atoms with van der Waals surface area (Å²) in [7, 11) is 0. The van der Waals surface area contributed by atoms with E-state index in [1.165, 1.54) is 21.2 Å². The van der Waals surface area contributed by atoms with E-state index in [0.717, 1.165) is 26.9 Å². The minimum Gasteiger partial charge on any atom is -0.462 e. The summed E-state index contributed by atoms with van der Waals surface area (Å²) < 4.78 is 7.18. The van der Waals surface area contributed by atoms with Gasteiger partial charge in [-0.2, -0.15) is 0 Å². The van der Waals surface area contributed by atoms with Crippen LogP contribution in [0.4, 0.5) is 11.4 Å². The standard InChI is InChI=1S/C32H26BrN3O6S2/c1-3-42-31(40)18-9-11-21(12-10-18)34-23(37)16-35-30-27(44-32(35)41)24(19-5-4-6-20(33)15-19)25-26(43-30)29(39)36(28(25)38)22-13-7-17(2)8-14-22/h4-15,24-26H,3,16H2,1-2H3,(H,34,37)/t24-,25?,26?/m1/s1. The SMILES string of the molecule is CCOC(=O)c1ccc(NC(=O)Cn2c3c(sc2=O)[C@H](c2cccc(Br)c2)C2C(=O)N(c4ccc(C)cc4)C(=O)C2S3)cc1. The van der Waals surface area contributed by atoms with Crippen molar-refractivity contribution in [1.29, 1.82) is 0 Å². The molecule has 0 radical (unpaired) electrons. The zero-order chi connectivity index (χ0) is 31.1. The van der Waals surface area contributed by atoms with Crippen LogP contribution in [0.15, 0.2) is 87.1 Å². The summed E-state index contributed by atoms with van der Waals surface area (Å²) in [5.41, 5.74) is 3.11. The number of thioether (sulfide) groups is 1. The van der Waals surface area contributed by atoms with E-state index in [-0.39, 0.29) is 29.8 Å². The number of ether oxygens (including phenoxy) is 1. The summed E-state index contributed by atoms with van der Waals surface area (Å²) in [5, 5.41) is 2.49. The number of anilines is 2. The second kappa shape index (κ2) is 12.2. The number of rotatable bonds is 7. The Morgan fingerprint density at radius 2 is 1.70 bits per heavy atom. The Balaban J connectivity index is 1.33. The number of carbonyl (C=O) groups excluding carboxylic acids is 4. The number of hydrogen-bond acceptors (Lipinski definition) is 8. The molecule has 44 heavy (non-hydrogen) atoms. The molecule has 0 spiro atoms. The number of fused-ring (bicyclic) bond motifs is 2. The van der Waals surface area contributed by atoms with Gasteiger partial charge >= 0.3 is 10.8 Å². The van der Waals surface area contributed by atoms with E-state index < -0.39 is 29.0 Å². The molecule has 1 fully saturated rings. The fourth-order valence-corrected chi connectivity index (χ4v) is 8.70. The van der Waals surface area contributed by atoms with Crippen LogP contribution in [-0.2, 0) is 25.7 Å². The molecule has 2 aliphatic rings. The summed E-state index contributed by atoms with van der Waals surface area (Å²) >= 11 is 5.68. The number of carbonyl (C=O) groups is 4. The number of hydrogen-bond donors (Lipinski definition) is 1. The predicted molar refractivity (Wildman–Crippen MR) is 172 cm³/mol. The van der Waals surface area contributed by atoms with Crippen LogP contribution >= 0.6 is 39.0 Å². The first-order valence-corrected chi connectivity index (χ1v) is 16.3. The van der Waals surface area contributed by atoms with E-state index in [4.69, 9.17) is 4.74 Å². The first-order valence-electron chi connectivity index (χ1n) is 13.8. The number of nitrogens with zero attached hydrogens (tertiary/aromatic N) is 2. The second-order valence-electron chi connectivity index (χ2n) is 10.4. The van der Waals surface area contributed by atoms with Gasteiger partial charge in [0.1, 0.15) is 11.8 Å². The molecule has 3 heterocycles. The lowest BCUT2D eigenvalue weighted by atomic mass is 9.83. The third kappa shape index (κ3) is 5.53. The number of benzene rings is 3. The Bertz CT molecular complexity index is 1850.